The summed E-state index contributed by atoms with van der Waals surface area (Å²) in [7, 11) is -2.18. The maximum Gasteiger partial charge on any atom is 0.247 e. The summed E-state index contributed by atoms with van der Waals surface area (Å²) in [5.41, 5.74) is -0.344. The van der Waals surface area contributed by atoms with Crippen LogP contribution in [0.1, 0.15) is 11.5 Å². The van der Waals surface area contributed by atoms with Crippen LogP contribution < -0.4 is 5.56 Å². The smallest absolute Gasteiger partial charge is 0.247 e. The number of aryl methyl sites for hydroxylation is 1. The molecule has 2 rings (SSSR count). The van der Waals surface area contributed by atoms with Crippen molar-refractivity contribution in [1.29, 1.82) is 0 Å². The third kappa shape index (κ3) is 2.94. The highest BCUT2D eigenvalue weighted by Crippen LogP contribution is 2.16. The van der Waals surface area contributed by atoms with Crippen molar-refractivity contribution < 1.29 is 12.8 Å². The SMILES string of the molecule is Cc1ccc(CN(C)S(=O)(=O)c2ccc(=O)[nH]c2)o1. The molecule has 0 saturated heterocycles. The van der Waals surface area contributed by atoms with Crippen LogP contribution in [0.5, 0.6) is 0 Å². The number of nitrogens with zero attached hydrogens (tertiary/aromatic N) is 1. The lowest BCUT2D eigenvalue weighted by molar-refractivity contribution is 0.397. The van der Waals surface area contributed by atoms with Gasteiger partial charge in [-0.2, -0.15) is 4.31 Å². The van der Waals surface area contributed by atoms with Gasteiger partial charge in [-0.1, -0.05) is 0 Å². The lowest BCUT2D eigenvalue weighted by Gasteiger charge is -2.15. The highest BCUT2D eigenvalue weighted by Gasteiger charge is 2.21. The number of hydrogen-bond donors (Lipinski definition) is 1. The van der Waals surface area contributed by atoms with Crippen LogP contribution in [-0.2, 0) is 16.6 Å². The molecule has 0 aromatic carbocycles. The molecular formula is C12H14N2O4S. The Morgan fingerprint density at radius 2 is 2.00 bits per heavy atom. The summed E-state index contributed by atoms with van der Waals surface area (Å²) < 4.78 is 30.9. The van der Waals surface area contributed by atoms with Crippen molar-refractivity contribution >= 4 is 10.0 Å². The van der Waals surface area contributed by atoms with E-state index in [2.05, 4.69) is 4.98 Å². The van der Waals surface area contributed by atoms with E-state index in [-0.39, 0.29) is 17.0 Å². The molecule has 0 saturated carbocycles. The summed E-state index contributed by atoms with van der Waals surface area (Å²) in [6.07, 6.45) is 1.18. The zero-order chi connectivity index (χ0) is 14.0. The van der Waals surface area contributed by atoms with Gasteiger partial charge in [-0.3, -0.25) is 4.79 Å². The summed E-state index contributed by atoms with van der Waals surface area (Å²) >= 11 is 0. The minimum absolute atomic E-state index is 0.0397. The number of sulfonamides is 1. The molecule has 0 aliphatic heterocycles. The van der Waals surface area contributed by atoms with Gasteiger partial charge in [-0.25, -0.2) is 8.42 Å². The predicted molar refractivity (Wildman–Crippen MR) is 69.2 cm³/mol. The van der Waals surface area contributed by atoms with E-state index in [1.807, 2.05) is 0 Å². The monoisotopic (exact) mass is 282 g/mol. The minimum atomic E-state index is -3.64. The summed E-state index contributed by atoms with van der Waals surface area (Å²) in [4.78, 5) is 13.3. The van der Waals surface area contributed by atoms with Crippen molar-refractivity contribution in [1.82, 2.24) is 9.29 Å². The van der Waals surface area contributed by atoms with Gasteiger partial charge in [0.2, 0.25) is 15.6 Å². The largest absolute Gasteiger partial charge is 0.465 e. The van der Waals surface area contributed by atoms with Gasteiger partial charge in [0.1, 0.15) is 11.5 Å². The summed E-state index contributed by atoms with van der Waals surface area (Å²) in [6, 6.07) is 5.96. The van der Waals surface area contributed by atoms with Crippen LogP contribution in [0.25, 0.3) is 0 Å². The van der Waals surface area contributed by atoms with Crippen LogP contribution in [0, 0.1) is 6.92 Å². The van der Waals surface area contributed by atoms with Gasteiger partial charge >= 0.3 is 0 Å². The zero-order valence-electron chi connectivity index (χ0n) is 10.6. The van der Waals surface area contributed by atoms with Crippen molar-refractivity contribution in [3.05, 3.63) is 52.3 Å². The van der Waals surface area contributed by atoms with Gasteiger partial charge in [0.15, 0.2) is 0 Å². The van der Waals surface area contributed by atoms with Gasteiger partial charge in [-0.05, 0) is 25.1 Å². The van der Waals surface area contributed by atoms with Crippen LogP contribution in [0.4, 0.5) is 0 Å². The van der Waals surface area contributed by atoms with E-state index in [9.17, 15) is 13.2 Å². The summed E-state index contributed by atoms with van der Waals surface area (Å²) in [5, 5.41) is 0. The number of aromatic nitrogens is 1. The summed E-state index contributed by atoms with van der Waals surface area (Å²) in [5.74, 6) is 1.29. The summed E-state index contributed by atoms with van der Waals surface area (Å²) in [6.45, 7) is 1.93. The number of nitrogens with one attached hydrogen (secondary N) is 1. The molecule has 1 N–H and O–H groups in total. The van der Waals surface area contributed by atoms with E-state index in [1.54, 1.807) is 19.1 Å². The van der Waals surface area contributed by atoms with Crippen LogP contribution >= 0.6 is 0 Å². The standard InChI is InChI=1S/C12H14N2O4S/c1-9-3-4-10(18-9)8-14(2)19(16,17)11-5-6-12(15)13-7-11/h3-7H,8H2,1-2H3,(H,13,15). The van der Waals surface area contributed by atoms with Crippen LogP contribution in [-0.4, -0.2) is 24.8 Å². The van der Waals surface area contributed by atoms with Crippen molar-refractivity contribution in [2.75, 3.05) is 7.05 Å². The molecular weight excluding hydrogens is 268 g/mol. The fourth-order valence-corrected chi connectivity index (χ4v) is 2.72. The van der Waals surface area contributed by atoms with Gasteiger partial charge in [0.05, 0.1) is 11.4 Å². The Hall–Kier alpha value is -1.86. The number of aromatic amines is 1. The molecule has 6 nitrogen and oxygen atoms in total. The molecule has 2 aromatic rings. The Balaban J connectivity index is 2.24. The normalized spacial score (nSPS) is 11.9. The number of rotatable bonds is 4. The zero-order valence-corrected chi connectivity index (χ0v) is 11.4. The maximum absolute atomic E-state index is 12.2. The Morgan fingerprint density at radius 3 is 2.53 bits per heavy atom. The van der Waals surface area contributed by atoms with E-state index in [4.69, 9.17) is 4.42 Å². The fourth-order valence-electron chi connectivity index (χ4n) is 1.61. The average Bonchev–Trinajstić information content (AvgIpc) is 2.75. The first kappa shape index (κ1) is 13.6. The number of hydrogen-bond acceptors (Lipinski definition) is 4. The number of pyridine rings is 1. The molecule has 0 radical (unpaired) electrons. The molecule has 7 heteroatoms. The molecule has 0 aliphatic rings. The molecule has 0 atom stereocenters. The van der Waals surface area contributed by atoms with Gasteiger partial charge in [0.25, 0.3) is 0 Å². The third-order valence-electron chi connectivity index (χ3n) is 2.64. The molecule has 0 fully saturated rings. The first-order valence-electron chi connectivity index (χ1n) is 5.60. The molecule has 0 amide bonds. The quantitative estimate of drug-likeness (QED) is 0.910. The van der Waals surface area contributed by atoms with Gasteiger partial charge in [0, 0.05) is 19.3 Å². The molecule has 102 valence electrons. The molecule has 0 unspecified atom stereocenters. The van der Waals surface area contributed by atoms with E-state index in [0.717, 1.165) is 5.76 Å². The fraction of sp³-hybridized carbons (Fsp3) is 0.250. The van der Waals surface area contributed by atoms with Crippen LogP contribution in [0.3, 0.4) is 0 Å². The topological polar surface area (TPSA) is 83.4 Å². The molecule has 19 heavy (non-hydrogen) atoms. The first-order chi connectivity index (χ1) is 8.89. The highest BCUT2D eigenvalue weighted by atomic mass is 32.2. The molecule has 2 heterocycles. The second-order valence-corrected chi connectivity index (χ2v) is 6.21. The molecule has 0 bridgehead atoms. The van der Waals surface area contributed by atoms with E-state index < -0.39 is 10.0 Å². The lowest BCUT2D eigenvalue weighted by Crippen LogP contribution is -2.26. The lowest BCUT2D eigenvalue weighted by atomic mass is 10.4. The van der Waals surface area contributed by atoms with Crippen molar-refractivity contribution in [3.63, 3.8) is 0 Å². The Bertz CT molecular complexity index is 710. The highest BCUT2D eigenvalue weighted by molar-refractivity contribution is 7.89. The second-order valence-electron chi connectivity index (χ2n) is 4.16. The van der Waals surface area contributed by atoms with E-state index in [0.29, 0.717) is 5.76 Å². The minimum Gasteiger partial charge on any atom is -0.465 e. The predicted octanol–water partition coefficient (Wildman–Crippen LogP) is 1.10. The second kappa shape index (κ2) is 5.02. The number of H-pyrrole nitrogens is 1. The van der Waals surface area contributed by atoms with Gasteiger partial charge in [-0.15, -0.1) is 0 Å². The molecule has 2 aromatic heterocycles. The van der Waals surface area contributed by atoms with Crippen LogP contribution in [0.15, 0.2) is 44.6 Å². The maximum atomic E-state index is 12.2. The van der Waals surface area contributed by atoms with E-state index in [1.165, 1.54) is 29.7 Å². The Kier molecular flexibility index (Phi) is 3.59. The van der Waals surface area contributed by atoms with Crippen molar-refractivity contribution in [2.45, 2.75) is 18.4 Å². The van der Waals surface area contributed by atoms with Gasteiger partial charge < -0.3 is 9.40 Å². The van der Waals surface area contributed by atoms with Crippen molar-refractivity contribution in [3.8, 4) is 0 Å². The number of furan rings is 1. The Labute approximate surface area is 110 Å². The van der Waals surface area contributed by atoms with Crippen molar-refractivity contribution in [2.24, 2.45) is 0 Å². The first-order valence-corrected chi connectivity index (χ1v) is 7.04. The average molecular weight is 282 g/mol. The Morgan fingerprint density at radius 1 is 1.26 bits per heavy atom. The third-order valence-corrected chi connectivity index (χ3v) is 4.44. The molecule has 0 spiro atoms. The van der Waals surface area contributed by atoms with Crippen LogP contribution in [0.2, 0.25) is 0 Å². The molecule has 0 aliphatic carbocycles. The van der Waals surface area contributed by atoms with E-state index >= 15 is 0 Å².